The highest BCUT2D eigenvalue weighted by atomic mass is 19.3. The van der Waals surface area contributed by atoms with E-state index in [1.807, 2.05) is 0 Å². The van der Waals surface area contributed by atoms with Gasteiger partial charge < -0.3 is 4.74 Å². The number of halogens is 4. The van der Waals surface area contributed by atoms with Gasteiger partial charge in [0.1, 0.15) is 5.75 Å². The van der Waals surface area contributed by atoms with Crippen molar-refractivity contribution in [2.45, 2.75) is 128 Å². The minimum absolute atomic E-state index is 0.214. The van der Waals surface area contributed by atoms with Crippen molar-refractivity contribution >= 4 is 0 Å². The van der Waals surface area contributed by atoms with Gasteiger partial charge in [0.05, 0.1) is 0 Å². The molecule has 194 valence electrons. The van der Waals surface area contributed by atoms with Crippen LogP contribution >= 0.6 is 0 Å². The van der Waals surface area contributed by atoms with E-state index in [-0.39, 0.29) is 5.75 Å². The highest BCUT2D eigenvalue weighted by Gasteiger charge is 2.44. The van der Waals surface area contributed by atoms with Gasteiger partial charge in [-0.2, -0.15) is 17.6 Å². The second-order valence-electron chi connectivity index (χ2n) is 10.9. The molecule has 2 saturated carbocycles. The molecule has 0 saturated heterocycles. The Hall–Kier alpha value is -1.26. The number of rotatable bonds is 13. The Morgan fingerprint density at radius 3 is 1.76 bits per heavy atom. The molecule has 0 N–H and O–H groups in total. The van der Waals surface area contributed by atoms with Gasteiger partial charge in [0, 0.05) is 0 Å². The van der Waals surface area contributed by atoms with Gasteiger partial charge in [0.15, 0.2) is 0 Å². The van der Waals surface area contributed by atoms with Crippen LogP contribution in [-0.2, 0) is 0 Å². The van der Waals surface area contributed by atoms with E-state index in [9.17, 15) is 17.6 Å². The van der Waals surface area contributed by atoms with Crippen molar-refractivity contribution in [2.24, 2.45) is 17.8 Å². The van der Waals surface area contributed by atoms with Crippen LogP contribution in [0.4, 0.5) is 17.6 Å². The molecule has 0 bridgehead atoms. The highest BCUT2D eigenvalue weighted by Crippen LogP contribution is 2.41. The number of hydrogen-bond donors (Lipinski definition) is 0. The van der Waals surface area contributed by atoms with Gasteiger partial charge in [-0.3, -0.25) is 0 Å². The first kappa shape index (κ1) is 27.3. The number of benzene rings is 1. The summed E-state index contributed by atoms with van der Waals surface area (Å²) in [7, 11) is 0. The Balaban J connectivity index is 1.30. The number of unbranched alkanes of at least 4 members (excludes halogenated alkanes) is 4. The van der Waals surface area contributed by atoms with Crippen LogP contribution in [0.1, 0.15) is 121 Å². The first-order valence-electron chi connectivity index (χ1n) is 13.8. The molecule has 0 aliphatic heterocycles. The smallest absolute Gasteiger partial charge is 0.428 e. The van der Waals surface area contributed by atoms with Gasteiger partial charge in [-0.25, -0.2) is 0 Å². The first-order chi connectivity index (χ1) is 16.4. The van der Waals surface area contributed by atoms with E-state index in [4.69, 9.17) is 0 Å². The molecule has 2 aliphatic carbocycles. The molecule has 0 amide bonds. The van der Waals surface area contributed by atoms with Gasteiger partial charge in [-0.1, -0.05) is 96.1 Å². The van der Waals surface area contributed by atoms with Gasteiger partial charge in [0.25, 0.3) is 0 Å². The third-order valence-electron chi connectivity index (χ3n) is 8.37. The average molecular weight is 485 g/mol. The van der Waals surface area contributed by atoms with Crippen molar-refractivity contribution in [3.8, 4) is 5.75 Å². The van der Waals surface area contributed by atoms with Gasteiger partial charge >= 0.3 is 12.5 Å². The van der Waals surface area contributed by atoms with E-state index < -0.39 is 12.5 Å². The van der Waals surface area contributed by atoms with E-state index >= 15 is 0 Å². The van der Waals surface area contributed by atoms with E-state index in [2.05, 4.69) is 11.7 Å². The molecule has 1 aromatic carbocycles. The van der Waals surface area contributed by atoms with Crippen LogP contribution in [0, 0.1) is 17.8 Å². The van der Waals surface area contributed by atoms with Crippen LogP contribution < -0.4 is 4.74 Å². The molecule has 2 fully saturated rings. The summed E-state index contributed by atoms with van der Waals surface area (Å²) in [6.07, 6.45) is 13.2. The summed E-state index contributed by atoms with van der Waals surface area (Å²) >= 11 is 0. The van der Waals surface area contributed by atoms with E-state index in [0.29, 0.717) is 5.92 Å². The van der Waals surface area contributed by atoms with Crippen LogP contribution in [0.5, 0.6) is 5.75 Å². The molecule has 0 spiro atoms. The maximum absolute atomic E-state index is 13.1. The van der Waals surface area contributed by atoms with E-state index in [1.165, 1.54) is 102 Å². The third-order valence-corrected chi connectivity index (χ3v) is 8.37. The van der Waals surface area contributed by atoms with Crippen LogP contribution in [0.3, 0.4) is 0 Å². The molecular weight excluding hydrogens is 440 g/mol. The summed E-state index contributed by atoms with van der Waals surface area (Å²) in [5.41, 5.74) is 1.10. The van der Waals surface area contributed by atoms with Crippen molar-refractivity contribution in [3.63, 3.8) is 0 Å². The second-order valence-corrected chi connectivity index (χ2v) is 10.9. The van der Waals surface area contributed by atoms with E-state index in [1.54, 1.807) is 12.1 Å². The standard InChI is InChI=1S/C29H44F4O/c1-2-3-4-5-6-7-22-8-10-23(11-9-22)12-13-24-14-16-25(17-15-24)26-18-20-27(21-19-26)34-29(32,33)28(30)31/h18-25,28H,2-17H2,1H3. The fourth-order valence-corrected chi connectivity index (χ4v) is 6.11. The zero-order chi connectivity index (χ0) is 24.4. The Labute approximate surface area is 204 Å². The minimum Gasteiger partial charge on any atom is -0.428 e. The predicted octanol–water partition coefficient (Wildman–Crippen LogP) is 10.1. The largest absolute Gasteiger partial charge is 0.461 e. The van der Waals surface area contributed by atoms with Crippen molar-refractivity contribution < 1.29 is 22.3 Å². The number of ether oxygens (including phenoxy) is 1. The molecule has 0 radical (unpaired) electrons. The Morgan fingerprint density at radius 1 is 0.735 bits per heavy atom. The van der Waals surface area contributed by atoms with Crippen molar-refractivity contribution in [1.29, 1.82) is 0 Å². The summed E-state index contributed by atoms with van der Waals surface area (Å²) < 4.78 is 54.9. The number of hydrogen-bond acceptors (Lipinski definition) is 1. The van der Waals surface area contributed by atoms with Crippen LogP contribution in [0.2, 0.25) is 0 Å². The highest BCUT2D eigenvalue weighted by molar-refractivity contribution is 5.30. The topological polar surface area (TPSA) is 9.23 Å². The lowest BCUT2D eigenvalue weighted by molar-refractivity contribution is -0.253. The Bertz CT molecular complexity index is 674. The molecule has 3 rings (SSSR count). The maximum atomic E-state index is 13.1. The predicted molar refractivity (Wildman–Crippen MR) is 131 cm³/mol. The molecule has 2 aliphatic rings. The Kier molecular flexibility index (Phi) is 11.0. The lowest BCUT2D eigenvalue weighted by Crippen LogP contribution is -2.33. The average Bonchev–Trinajstić information content (AvgIpc) is 2.84. The first-order valence-corrected chi connectivity index (χ1v) is 13.8. The molecule has 1 nitrogen and oxygen atoms in total. The van der Waals surface area contributed by atoms with Crippen molar-refractivity contribution in [1.82, 2.24) is 0 Å². The van der Waals surface area contributed by atoms with Crippen molar-refractivity contribution in [2.75, 3.05) is 0 Å². The quantitative estimate of drug-likeness (QED) is 0.200. The third kappa shape index (κ3) is 8.75. The number of alkyl halides is 4. The maximum Gasteiger partial charge on any atom is 0.461 e. The van der Waals surface area contributed by atoms with Crippen LogP contribution in [0.25, 0.3) is 0 Å². The fourth-order valence-electron chi connectivity index (χ4n) is 6.11. The zero-order valence-electron chi connectivity index (χ0n) is 20.9. The molecule has 1 aromatic rings. The minimum atomic E-state index is -4.45. The molecular formula is C29H44F4O. The molecule has 0 heterocycles. The Morgan fingerprint density at radius 2 is 1.24 bits per heavy atom. The van der Waals surface area contributed by atoms with Crippen LogP contribution in [0.15, 0.2) is 24.3 Å². The second kappa shape index (κ2) is 13.7. The lowest BCUT2D eigenvalue weighted by atomic mass is 9.74. The normalized spacial score (nSPS) is 26.1. The van der Waals surface area contributed by atoms with Crippen LogP contribution in [-0.4, -0.2) is 12.5 Å². The molecule has 0 unspecified atom stereocenters. The van der Waals surface area contributed by atoms with E-state index in [0.717, 1.165) is 36.2 Å². The molecule has 0 aromatic heterocycles. The monoisotopic (exact) mass is 484 g/mol. The zero-order valence-corrected chi connectivity index (χ0v) is 20.9. The summed E-state index contributed by atoms with van der Waals surface area (Å²) in [5.74, 6) is 2.92. The lowest BCUT2D eigenvalue weighted by Gasteiger charge is -2.32. The van der Waals surface area contributed by atoms with Gasteiger partial charge in [0.2, 0.25) is 0 Å². The van der Waals surface area contributed by atoms with Crippen molar-refractivity contribution in [3.05, 3.63) is 29.8 Å². The molecule has 5 heteroatoms. The summed E-state index contributed by atoms with van der Waals surface area (Å²) in [4.78, 5) is 0. The molecule has 0 atom stereocenters. The summed E-state index contributed by atoms with van der Waals surface area (Å²) in [6, 6.07) is 6.28. The molecule has 34 heavy (non-hydrogen) atoms. The van der Waals surface area contributed by atoms with Gasteiger partial charge in [-0.05, 0) is 67.1 Å². The fraction of sp³-hybridized carbons (Fsp3) is 0.793. The summed E-state index contributed by atoms with van der Waals surface area (Å²) in [5, 5.41) is 0. The summed E-state index contributed by atoms with van der Waals surface area (Å²) in [6.45, 7) is 2.28. The van der Waals surface area contributed by atoms with Gasteiger partial charge in [-0.15, -0.1) is 0 Å². The SMILES string of the molecule is CCCCCCCC1CCC(CCC2CCC(c3ccc(OC(F)(F)C(F)F)cc3)CC2)CC1.